The summed E-state index contributed by atoms with van der Waals surface area (Å²) in [4.78, 5) is 0. The predicted octanol–water partition coefficient (Wildman–Crippen LogP) is 7.39. The third-order valence-electron chi connectivity index (χ3n) is 6.00. The average molecular weight is 488 g/mol. The van der Waals surface area contributed by atoms with E-state index in [9.17, 15) is 22.0 Å². The molecule has 0 unspecified atom stereocenters. The SMILES string of the molecule is COCc1cc(F)c(CCc2ccc3c(F)c(CCc4cc(F)c(F)c(F)c4)ccc3c2)c(F)c1. The highest BCUT2D eigenvalue weighted by atomic mass is 19.2. The molecular weight excluding hydrogens is 466 g/mol. The Morgan fingerprint density at radius 2 is 1.20 bits per heavy atom. The summed E-state index contributed by atoms with van der Waals surface area (Å²) in [6.45, 7) is 0.115. The standard InChI is InChI=1S/C28H22F6O/c1-35-15-18-13-23(29)22(24(30)14-18)9-4-16-3-8-21-20(10-16)7-6-19(27(21)33)5-2-17-11-25(31)28(34)26(32)12-17/h3,6-8,10-14H,2,4-5,9,15H2,1H3. The zero-order valence-electron chi connectivity index (χ0n) is 18.9. The molecular formula is C28H22F6O. The first-order valence-corrected chi connectivity index (χ1v) is 11.1. The quantitative estimate of drug-likeness (QED) is 0.186. The predicted molar refractivity (Wildman–Crippen MR) is 122 cm³/mol. The van der Waals surface area contributed by atoms with Gasteiger partial charge in [-0.25, -0.2) is 26.3 Å². The fourth-order valence-electron chi connectivity index (χ4n) is 4.18. The number of ether oxygens (including phenoxy) is 1. The number of halogens is 6. The van der Waals surface area contributed by atoms with Crippen LogP contribution in [0.3, 0.4) is 0 Å². The molecule has 0 amide bonds. The van der Waals surface area contributed by atoms with E-state index in [2.05, 4.69) is 0 Å². The van der Waals surface area contributed by atoms with Crippen LogP contribution in [-0.4, -0.2) is 7.11 Å². The van der Waals surface area contributed by atoms with Crippen molar-refractivity contribution in [3.63, 3.8) is 0 Å². The average Bonchev–Trinajstić information content (AvgIpc) is 2.81. The van der Waals surface area contributed by atoms with E-state index in [1.807, 2.05) is 0 Å². The minimum Gasteiger partial charge on any atom is -0.380 e. The van der Waals surface area contributed by atoms with Crippen LogP contribution in [0.1, 0.15) is 27.8 Å². The van der Waals surface area contributed by atoms with Gasteiger partial charge in [0.1, 0.15) is 17.5 Å². The lowest BCUT2D eigenvalue weighted by Crippen LogP contribution is -2.02. The fraction of sp³-hybridized carbons (Fsp3) is 0.214. The molecule has 4 aromatic carbocycles. The Morgan fingerprint density at radius 3 is 1.86 bits per heavy atom. The van der Waals surface area contributed by atoms with Crippen molar-refractivity contribution in [3.05, 3.63) is 117 Å². The van der Waals surface area contributed by atoms with E-state index < -0.39 is 34.9 Å². The topological polar surface area (TPSA) is 9.23 Å². The highest BCUT2D eigenvalue weighted by Gasteiger charge is 2.14. The molecule has 0 bridgehead atoms. The summed E-state index contributed by atoms with van der Waals surface area (Å²) >= 11 is 0. The van der Waals surface area contributed by atoms with Crippen LogP contribution in [-0.2, 0) is 37.0 Å². The first-order valence-electron chi connectivity index (χ1n) is 11.1. The zero-order chi connectivity index (χ0) is 25.1. The highest BCUT2D eigenvalue weighted by Crippen LogP contribution is 2.25. The Bertz CT molecular complexity index is 1340. The van der Waals surface area contributed by atoms with Gasteiger partial charge in [-0.3, -0.25) is 0 Å². The van der Waals surface area contributed by atoms with Crippen LogP contribution in [0, 0.1) is 34.9 Å². The molecule has 182 valence electrons. The van der Waals surface area contributed by atoms with Gasteiger partial charge in [-0.2, -0.15) is 0 Å². The molecule has 1 nitrogen and oxygen atoms in total. The van der Waals surface area contributed by atoms with Crippen molar-refractivity contribution in [2.24, 2.45) is 0 Å². The Balaban J connectivity index is 1.48. The molecule has 0 atom stereocenters. The van der Waals surface area contributed by atoms with Gasteiger partial charge in [0, 0.05) is 18.1 Å². The lowest BCUT2D eigenvalue weighted by atomic mass is 9.97. The number of aryl methyl sites for hydroxylation is 3. The van der Waals surface area contributed by atoms with Gasteiger partial charge >= 0.3 is 0 Å². The zero-order valence-corrected chi connectivity index (χ0v) is 18.9. The third kappa shape index (κ3) is 5.51. The normalized spacial score (nSPS) is 11.4. The smallest absolute Gasteiger partial charge is 0.194 e. The largest absolute Gasteiger partial charge is 0.380 e. The van der Waals surface area contributed by atoms with E-state index in [0.717, 1.165) is 17.7 Å². The lowest BCUT2D eigenvalue weighted by molar-refractivity contribution is 0.184. The van der Waals surface area contributed by atoms with Crippen LogP contribution in [0.4, 0.5) is 26.3 Å². The van der Waals surface area contributed by atoms with Gasteiger partial charge < -0.3 is 4.74 Å². The van der Waals surface area contributed by atoms with E-state index in [-0.39, 0.29) is 37.0 Å². The maximum Gasteiger partial charge on any atom is 0.194 e. The minimum atomic E-state index is -1.53. The molecule has 0 heterocycles. The molecule has 7 heteroatoms. The number of hydrogen-bond donors (Lipinski definition) is 0. The van der Waals surface area contributed by atoms with Crippen molar-refractivity contribution in [2.75, 3.05) is 7.11 Å². The van der Waals surface area contributed by atoms with Crippen LogP contribution in [0.2, 0.25) is 0 Å². The first-order chi connectivity index (χ1) is 16.8. The highest BCUT2D eigenvalue weighted by molar-refractivity contribution is 5.84. The summed E-state index contributed by atoms with van der Waals surface area (Å²) < 4.78 is 88.6. The van der Waals surface area contributed by atoms with Crippen LogP contribution >= 0.6 is 0 Å². The van der Waals surface area contributed by atoms with Gasteiger partial charge in [0.25, 0.3) is 0 Å². The third-order valence-corrected chi connectivity index (χ3v) is 6.00. The Morgan fingerprint density at radius 1 is 0.571 bits per heavy atom. The number of methoxy groups -OCH3 is 1. The molecule has 0 spiro atoms. The molecule has 0 N–H and O–H groups in total. The minimum absolute atomic E-state index is 0.0138. The summed E-state index contributed by atoms with van der Waals surface area (Å²) in [7, 11) is 1.45. The summed E-state index contributed by atoms with van der Waals surface area (Å²) in [5.41, 5.74) is 1.78. The maximum absolute atomic E-state index is 15.1. The molecule has 35 heavy (non-hydrogen) atoms. The molecule has 0 aliphatic carbocycles. The molecule has 0 radical (unpaired) electrons. The van der Waals surface area contributed by atoms with Gasteiger partial charge in [-0.1, -0.05) is 30.3 Å². The fourth-order valence-corrected chi connectivity index (χ4v) is 4.18. The monoisotopic (exact) mass is 488 g/mol. The van der Waals surface area contributed by atoms with E-state index in [4.69, 9.17) is 4.74 Å². The molecule has 0 saturated heterocycles. The van der Waals surface area contributed by atoms with Gasteiger partial charge in [0.05, 0.1) is 6.61 Å². The van der Waals surface area contributed by atoms with Crippen LogP contribution in [0.25, 0.3) is 10.8 Å². The number of hydrogen-bond acceptors (Lipinski definition) is 1. The summed E-state index contributed by atoms with van der Waals surface area (Å²) in [5, 5.41) is 0.989. The second-order valence-electron chi connectivity index (χ2n) is 8.44. The second kappa shape index (κ2) is 10.5. The Kier molecular flexibility index (Phi) is 7.45. The molecule has 0 saturated carbocycles. The van der Waals surface area contributed by atoms with Gasteiger partial charge in [0.2, 0.25) is 0 Å². The van der Waals surface area contributed by atoms with Crippen molar-refractivity contribution in [1.29, 1.82) is 0 Å². The molecule has 0 aliphatic heterocycles. The van der Waals surface area contributed by atoms with Crippen molar-refractivity contribution in [3.8, 4) is 0 Å². The van der Waals surface area contributed by atoms with E-state index >= 15 is 4.39 Å². The van der Waals surface area contributed by atoms with Crippen LogP contribution in [0.5, 0.6) is 0 Å². The van der Waals surface area contributed by atoms with Crippen LogP contribution in [0.15, 0.2) is 54.6 Å². The second-order valence-corrected chi connectivity index (χ2v) is 8.44. The van der Waals surface area contributed by atoms with E-state index in [1.165, 1.54) is 19.2 Å². The molecule has 4 rings (SSSR count). The van der Waals surface area contributed by atoms with Crippen molar-refractivity contribution in [2.45, 2.75) is 32.3 Å². The summed E-state index contributed by atoms with van der Waals surface area (Å²) in [6.07, 6.45) is 0.806. The number of benzene rings is 4. The summed E-state index contributed by atoms with van der Waals surface area (Å²) in [5.74, 6) is -5.81. The molecule has 4 aromatic rings. The maximum atomic E-state index is 15.1. The van der Waals surface area contributed by atoms with E-state index in [1.54, 1.807) is 30.3 Å². The Hall–Kier alpha value is -3.32. The molecule has 0 aromatic heterocycles. The van der Waals surface area contributed by atoms with Gasteiger partial charge in [0.15, 0.2) is 17.5 Å². The lowest BCUT2D eigenvalue weighted by Gasteiger charge is -2.10. The van der Waals surface area contributed by atoms with E-state index in [0.29, 0.717) is 28.3 Å². The molecule has 0 fully saturated rings. The van der Waals surface area contributed by atoms with Gasteiger partial charge in [-0.05, 0) is 77.6 Å². The molecule has 0 aliphatic rings. The van der Waals surface area contributed by atoms with Crippen molar-refractivity contribution < 1.29 is 31.1 Å². The number of fused-ring (bicyclic) bond motifs is 1. The van der Waals surface area contributed by atoms with Crippen molar-refractivity contribution in [1.82, 2.24) is 0 Å². The van der Waals surface area contributed by atoms with Gasteiger partial charge in [-0.15, -0.1) is 0 Å². The van der Waals surface area contributed by atoms with Crippen LogP contribution < -0.4 is 0 Å². The first kappa shape index (κ1) is 24.8. The Labute approximate surface area is 199 Å². The van der Waals surface area contributed by atoms with Crippen molar-refractivity contribution >= 4 is 10.8 Å². The summed E-state index contributed by atoms with van der Waals surface area (Å²) in [6, 6.07) is 12.7. The number of rotatable bonds is 8.